The van der Waals surface area contributed by atoms with E-state index in [9.17, 15) is 10.5 Å². The van der Waals surface area contributed by atoms with Crippen molar-refractivity contribution in [3.63, 3.8) is 0 Å². The first-order chi connectivity index (χ1) is 8.77. The Hall–Kier alpha value is -2.78. The van der Waals surface area contributed by atoms with Gasteiger partial charge in [0, 0.05) is 17.8 Å². The molecule has 0 radical (unpaired) electrons. The Morgan fingerprint density at radius 2 is 1.28 bits per heavy atom. The molecule has 3 rings (SSSR count). The molecule has 0 saturated carbocycles. The lowest BCUT2D eigenvalue weighted by Gasteiger charge is -1.96. The summed E-state index contributed by atoms with van der Waals surface area (Å²) in [5.74, 6) is 0. The number of aryl methyl sites for hydroxylation is 1. The van der Waals surface area contributed by atoms with Crippen LogP contribution in [0.1, 0.15) is 11.1 Å². The molecule has 0 bridgehead atoms. The molecule has 0 N–H and O–H groups in total. The van der Waals surface area contributed by atoms with Gasteiger partial charge < -0.3 is 4.57 Å². The minimum atomic E-state index is 0.612. The van der Waals surface area contributed by atoms with E-state index in [4.69, 9.17) is 0 Å². The first kappa shape index (κ1) is 10.4. The third-order valence-corrected chi connectivity index (χ3v) is 3.30. The van der Waals surface area contributed by atoms with Gasteiger partial charge in [-0.1, -0.05) is 12.1 Å². The molecule has 0 saturated heterocycles. The first-order valence-corrected chi connectivity index (χ1v) is 5.58. The Morgan fingerprint density at radius 3 is 1.67 bits per heavy atom. The van der Waals surface area contributed by atoms with Crippen molar-refractivity contribution in [1.29, 1.82) is 10.5 Å². The fourth-order valence-corrected chi connectivity index (χ4v) is 2.48. The molecule has 0 aliphatic rings. The zero-order chi connectivity index (χ0) is 12.7. The lowest BCUT2D eigenvalue weighted by atomic mass is 10.0. The highest BCUT2D eigenvalue weighted by Gasteiger charge is 2.14. The zero-order valence-electron chi connectivity index (χ0n) is 9.81. The highest BCUT2D eigenvalue weighted by atomic mass is 14.9. The van der Waals surface area contributed by atoms with E-state index < -0.39 is 0 Å². The molecular formula is C15H9N3. The Morgan fingerprint density at radius 1 is 0.833 bits per heavy atom. The van der Waals surface area contributed by atoms with E-state index in [1.165, 1.54) is 0 Å². The second kappa shape index (κ2) is 3.61. The van der Waals surface area contributed by atoms with Crippen LogP contribution in [-0.2, 0) is 7.05 Å². The van der Waals surface area contributed by atoms with Crippen LogP contribution in [0.2, 0.25) is 0 Å². The summed E-state index contributed by atoms with van der Waals surface area (Å²) in [6.45, 7) is 0. The van der Waals surface area contributed by atoms with Gasteiger partial charge in [-0.3, -0.25) is 0 Å². The molecule has 3 nitrogen and oxygen atoms in total. The number of benzene rings is 2. The smallest absolute Gasteiger partial charge is 0.0998 e. The molecule has 0 atom stereocenters. The van der Waals surface area contributed by atoms with Crippen LogP contribution in [0.15, 0.2) is 36.4 Å². The molecule has 1 aromatic heterocycles. The van der Waals surface area contributed by atoms with Crippen molar-refractivity contribution < 1.29 is 0 Å². The molecule has 18 heavy (non-hydrogen) atoms. The Balaban J connectivity index is 2.73. The predicted octanol–water partition coefficient (Wildman–Crippen LogP) is 3.07. The van der Waals surface area contributed by atoms with E-state index in [0.717, 1.165) is 21.8 Å². The van der Waals surface area contributed by atoms with E-state index in [-0.39, 0.29) is 0 Å². The number of aromatic nitrogens is 1. The molecule has 1 heterocycles. The predicted molar refractivity (Wildman–Crippen MR) is 69.9 cm³/mol. The maximum absolute atomic E-state index is 9.23. The van der Waals surface area contributed by atoms with Gasteiger partial charge in [0.05, 0.1) is 34.3 Å². The van der Waals surface area contributed by atoms with Gasteiger partial charge in [-0.2, -0.15) is 10.5 Å². The SMILES string of the molecule is Cn1c2cccc(C#N)c2c2c(C#N)cccc21. The molecule has 0 unspecified atom stereocenters. The molecule has 3 aromatic rings. The maximum Gasteiger partial charge on any atom is 0.0998 e. The molecule has 0 aliphatic heterocycles. The number of hydrogen-bond acceptors (Lipinski definition) is 2. The Kier molecular flexibility index (Phi) is 2.08. The van der Waals surface area contributed by atoms with Crippen molar-refractivity contribution in [2.75, 3.05) is 0 Å². The summed E-state index contributed by atoms with van der Waals surface area (Å²) in [7, 11) is 1.95. The fourth-order valence-electron chi connectivity index (χ4n) is 2.48. The fraction of sp³-hybridized carbons (Fsp3) is 0.0667. The van der Waals surface area contributed by atoms with Crippen molar-refractivity contribution in [2.24, 2.45) is 7.05 Å². The molecule has 0 spiro atoms. The summed E-state index contributed by atoms with van der Waals surface area (Å²) in [6, 6.07) is 15.7. The van der Waals surface area contributed by atoms with E-state index >= 15 is 0 Å². The zero-order valence-corrected chi connectivity index (χ0v) is 9.81. The van der Waals surface area contributed by atoms with Gasteiger partial charge in [-0.15, -0.1) is 0 Å². The average molecular weight is 231 g/mol. The van der Waals surface area contributed by atoms with E-state index in [0.29, 0.717) is 11.1 Å². The number of hydrogen-bond donors (Lipinski definition) is 0. The summed E-state index contributed by atoms with van der Waals surface area (Å²) >= 11 is 0. The second-order valence-electron chi connectivity index (χ2n) is 4.18. The first-order valence-electron chi connectivity index (χ1n) is 5.58. The van der Waals surface area contributed by atoms with Crippen LogP contribution in [0, 0.1) is 22.7 Å². The van der Waals surface area contributed by atoms with Crippen LogP contribution in [-0.4, -0.2) is 4.57 Å². The van der Waals surface area contributed by atoms with Crippen molar-refractivity contribution in [2.45, 2.75) is 0 Å². The van der Waals surface area contributed by atoms with Crippen LogP contribution in [0.5, 0.6) is 0 Å². The number of rotatable bonds is 0. The Bertz CT molecular complexity index is 786. The van der Waals surface area contributed by atoms with E-state index in [1.54, 1.807) is 12.1 Å². The topological polar surface area (TPSA) is 52.5 Å². The molecule has 0 fully saturated rings. The van der Waals surface area contributed by atoms with Gasteiger partial charge in [-0.05, 0) is 24.3 Å². The van der Waals surface area contributed by atoms with Crippen molar-refractivity contribution in [1.82, 2.24) is 4.57 Å². The lowest BCUT2D eigenvalue weighted by Crippen LogP contribution is -1.86. The minimum Gasteiger partial charge on any atom is -0.344 e. The summed E-state index contributed by atoms with van der Waals surface area (Å²) < 4.78 is 2.02. The molecule has 2 aromatic carbocycles. The summed E-state index contributed by atoms with van der Waals surface area (Å²) in [6.07, 6.45) is 0. The van der Waals surface area contributed by atoms with E-state index in [2.05, 4.69) is 12.1 Å². The largest absolute Gasteiger partial charge is 0.344 e. The van der Waals surface area contributed by atoms with Gasteiger partial charge in [-0.25, -0.2) is 0 Å². The molecule has 84 valence electrons. The van der Waals surface area contributed by atoms with Crippen molar-refractivity contribution >= 4 is 21.8 Å². The second-order valence-corrected chi connectivity index (χ2v) is 4.18. The van der Waals surface area contributed by atoms with Crippen LogP contribution < -0.4 is 0 Å². The quantitative estimate of drug-likeness (QED) is 0.597. The van der Waals surface area contributed by atoms with Gasteiger partial charge in [0.25, 0.3) is 0 Å². The van der Waals surface area contributed by atoms with Crippen LogP contribution in [0.3, 0.4) is 0 Å². The summed E-state index contributed by atoms with van der Waals surface area (Å²) in [5, 5.41) is 20.2. The maximum atomic E-state index is 9.23. The van der Waals surface area contributed by atoms with Gasteiger partial charge in [0.15, 0.2) is 0 Å². The minimum absolute atomic E-state index is 0.612. The van der Waals surface area contributed by atoms with Crippen molar-refractivity contribution in [3.8, 4) is 12.1 Å². The van der Waals surface area contributed by atoms with Gasteiger partial charge in [0.2, 0.25) is 0 Å². The summed E-state index contributed by atoms with van der Waals surface area (Å²) in [5.41, 5.74) is 3.18. The third-order valence-electron chi connectivity index (χ3n) is 3.30. The van der Waals surface area contributed by atoms with Gasteiger partial charge >= 0.3 is 0 Å². The normalized spacial score (nSPS) is 10.4. The molecule has 0 amide bonds. The monoisotopic (exact) mass is 231 g/mol. The Labute approximate surface area is 104 Å². The lowest BCUT2D eigenvalue weighted by molar-refractivity contribution is 1.01. The number of fused-ring (bicyclic) bond motifs is 3. The highest BCUT2D eigenvalue weighted by Crippen LogP contribution is 2.32. The number of nitriles is 2. The summed E-state index contributed by atoms with van der Waals surface area (Å²) in [4.78, 5) is 0. The number of nitrogens with zero attached hydrogens (tertiary/aromatic N) is 3. The molecular weight excluding hydrogens is 222 g/mol. The molecule has 3 heteroatoms. The highest BCUT2D eigenvalue weighted by molar-refractivity contribution is 6.13. The molecule has 0 aliphatic carbocycles. The van der Waals surface area contributed by atoms with Crippen molar-refractivity contribution in [3.05, 3.63) is 47.5 Å². The third kappa shape index (κ3) is 1.16. The van der Waals surface area contributed by atoms with Gasteiger partial charge in [0.1, 0.15) is 0 Å². The van der Waals surface area contributed by atoms with Crippen LogP contribution in [0.4, 0.5) is 0 Å². The van der Waals surface area contributed by atoms with Crippen LogP contribution >= 0.6 is 0 Å². The van der Waals surface area contributed by atoms with Crippen LogP contribution in [0.25, 0.3) is 21.8 Å². The van der Waals surface area contributed by atoms with E-state index in [1.807, 2.05) is 35.9 Å². The standard InChI is InChI=1S/C15H9N3/c1-18-12-6-2-4-10(8-16)14(12)15-11(9-17)5-3-7-13(15)18/h2-7H,1H3. The average Bonchev–Trinajstić information content (AvgIpc) is 2.73.